The van der Waals surface area contributed by atoms with Crippen LogP contribution in [0.2, 0.25) is 0 Å². The number of hydrogen-bond acceptors (Lipinski definition) is 5. The zero-order chi connectivity index (χ0) is 16.4. The molecule has 0 radical (unpaired) electrons. The summed E-state index contributed by atoms with van der Waals surface area (Å²) in [5.41, 5.74) is -4.22. The highest BCUT2D eigenvalue weighted by molar-refractivity contribution is 5.98. The van der Waals surface area contributed by atoms with Crippen LogP contribution in [-0.4, -0.2) is 34.8 Å². The van der Waals surface area contributed by atoms with Crippen LogP contribution in [0.4, 0.5) is 24.5 Å². The van der Waals surface area contributed by atoms with Gasteiger partial charge in [0, 0.05) is 6.07 Å². The van der Waals surface area contributed by atoms with Crippen LogP contribution in [0.5, 0.6) is 5.75 Å². The predicted molar refractivity (Wildman–Crippen MR) is 65.0 cm³/mol. The highest BCUT2D eigenvalue weighted by Gasteiger charge is 2.55. The van der Waals surface area contributed by atoms with Gasteiger partial charge >= 0.3 is 6.18 Å². The highest BCUT2D eigenvalue weighted by atomic mass is 19.4. The van der Waals surface area contributed by atoms with Crippen LogP contribution in [0.15, 0.2) is 18.2 Å². The van der Waals surface area contributed by atoms with E-state index in [0.717, 1.165) is 25.3 Å². The number of hydrogen-bond donors (Lipinski definition) is 2. The Bertz CT molecular complexity index is 571. The van der Waals surface area contributed by atoms with Gasteiger partial charge in [-0.1, -0.05) is 0 Å². The number of ether oxygens (including phenoxy) is 1. The largest absolute Gasteiger partial charge is 0.494 e. The molecule has 0 aliphatic rings. The van der Waals surface area contributed by atoms with E-state index in [-0.39, 0.29) is 17.1 Å². The van der Waals surface area contributed by atoms with E-state index in [9.17, 15) is 33.2 Å². The molecular weight excluding hydrogens is 297 g/mol. The number of alkyl halides is 3. The average molecular weight is 308 g/mol. The highest BCUT2D eigenvalue weighted by Crippen LogP contribution is 2.33. The van der Waals surface area contributed by atoms with Crippen molar-refractivity contribution in [3.8, 4) is 5.75 Å². The molecule has 1 amide bonds. The van der Waals surface area contributed by atoms with Gasteiger partial charge in [-0.2, -0.15) is 13.2 Å². The number of amides is 1. The van der Waals surface area contributed by atoms with E-state index in [1.807, 2.05) is 5.32 Å². The molecule has 0 bridgehead atoms. The Morgan fingerprint density at radius 2 is 2.00 bits per heavy atom. The van der Waals surface area contributed by atoms with Crippen LogP contribution in [0, 0.1) is 10.1 Å². The zero-order valence-corrected chi connectivity index (χ0v) is 10.9. The van der Waals surface area contributed by atoms with Crippen molar-refractivity contribution >= 4 is 17.3 Å². The number of rotatable bonds is 4. The second kappa shape index (κ2) is 5.56. The maximum absolute atomic E-state index is 12.5. The quantitative estimate of drug-likeness (QED) is 0.653. The third-order valence-electron chi connectivity index (χ3n) is 2.64. The van der Waals surface area contributed by atoms with Gasteiger partial charge in [0.15, 0.2) is 0 Å². The molecule has 0 saturated heterocycles. The second-order valence-corrected chi connectivity index (χ2v) is 4.17. The number of carbonyl (C=O) groups excluding carboxylic acids is 1. The molecule has 1 atom stereocenters. The molecule has 116 valence electrons. The lowest BCUT2D eigenvalue weighted by Crippen LogP contribution is -2.52. The van der Waals surface area contributed by atoms with Crippen LogP contribution >= 0.6 is 0 Å². The minimum Gasteiger partial charge on any atom is -0.494 e. The summed E-state index contributed by atoms with van der Waals surface area (Å²) in [4.78, 5) is 21.3. The summed E-state index contributed by atoms with van der Waals surface area (Å²) < 4.78 is 42.3. The lowest BCUT2D eigenvalue weighted by molar-refractivity contribution is -0.384. The van der Waals surface area contributed by atoms with E-state index in [1.54, 1.807) is 0 Å². The molecule has 10 heteroatoms. The molecule has 2 N–H and O–H groups in total. The van der Waals surface area contributed by atoms with E-state index in [1.165, 1.54) is 0 Å². The fourth-order valence-electron chi connectivity index (χ4n) is 1.27. The predicted octanol–water partition coefficient (Wildman–Crippen LogP) is 1.86. The van der Waals surface area contributed by atoms with Crippen molar-refractivity contribution in [3.05, 3.63) is 28.3 Å². The second-order valence-electron chi connectivity index (χ2n) is 4.17. The number of non-ortho nitro benzene ring substituents is 1. The van der Waals surface area contributed by atoms with Crippen molar-refractivity contribution in [3.63, 3.8) is 0 Å². The Hall–Kier alpha value is -2.36. The third-order valence-corrected chi connectivity index (χ3v) is 2.64. The normalized spacial score (nSPS) is 14.2. The number of benzene rings is 1. The summed E-state index contributed by atoms with van der Waals surface area (Å²) in [6, 6.07) is 2.90. The molecule has 0 spiro atoms. The van der Waals surface area contributed by atoms with Gasteiger partial charge in [0.2, 0.25) is 5.60 Å². The maximum Gasteiger partial charge on any atom is 0.426 e. The number of methoxy groups -OCH3 is 1. The van der Waals surface area contributed by atoms with Crippen molar-refractivity contribution in [1.82, 2.24) is 0 Å². The summed E-state index contributed by atoms with van der Waals surface area (Å²) in [5.74, 6) is -1.95. The Kier molecular flexibility index (Phi) is 4.42. The molecule has 0 aliphatic carbocycles. The molecule has 1 rings (SSSR count). The first-order chi connectivity index (χ1) is 9.50. The number of nitro groups is 1. The van der Waals surface area contributed by atoms with Gasteiger partial charge < -0.3 is 15.2 Å². The van der Waals surface area contributed by atoms with Crippen molar-refractivity contribution in [2.24, 2.45) is 0 Å². The monoisotopic (exact) mass is 308 g/mol. The standard InChI is InChI=1S/C11H11F3N2O5/c1-10(18,11(12,13)14)9(17)15-7-4-3-6(16(19)20)5-8(7)21-2/h3-5,18H,1-2H3,(H,15,17)/t10-/m1/s1. The van der Waals surface area contributed by atoms with E-state index < -0.39 is 22.6 Å². The molecule has 0 aliphatic heterocycles. The van der Waals surface area contributed by atoms with Gasteiger partial charge in [-0.05, 0) is 13.0 Å². The lowest BCUT2D eigenvalue weighted by Gasteiger charge is -2.25. The van der Waals surface area contributed by atoms with Gasteiger partial charge in [0.1, 0.15) is 5.75 Å². The van der Waals surface area contributed by atoms with Gasteiger partial charge in [0.05, 0.1) is 23.8 Å². The number of nitro benzene ring substituents is 1. The molecule has 0 heterocycles. The Balaban J connectivity index is 3.09. The molecular formula is C11H11F3N2O5. The maximum atomic E-state index is 12.5. The topological polar surface area (TPSA) is 102 Å². The summed E-state index contributed by atoms with van der Waals surface area (Å²) in [5, 5.41) is 21.6. The Labute approximate surface area is 116 Å². The number of aliphatic hydroxyl groups is 1. The van der Waals surface area contributed by atoms with Crippen LogP contribution < -0.4 is 10.1 Å². The zero-order valence-electron chi connectivity index (χ0n) is 10.9. The summed E-state index contributed by atoms with van der Waals surface area (Å²) >= 11 is 0. The molecule has 21 heavy (non-hydrogen) atoms. The molecule has 7 nitrogen and oxygen atoms in total. The molecule has 0 aromatic heterocycles. The fraction of sp³-hybridized carbons (Fsp3) is 0.364. The van der Waals surface area contributed by atoms with Crippen molar-refractivity contribution in [2.45, 2.75) is 18.7 Å². The number of carbonyl (C=O) groups is 1. The SMILES string of the molecule is COc1cc([N+](=O)[O-])ccc1NC(=O)[C@@](C)(O)C(F)(F)F. The lowest BCUT2D eigenvalue weighted by atomic mass is 10.1. The molecule has 0 saturated carbocycles. The summed E-state index contributed by atoms with van der Waals surface area (Å²) in [7, 11) is 1.12. The average Bonchev–Trinajstić information content (AvgIpc) is 2.37. The minimum absolute atomic E-state index is 0.212. The summed E-state index contributed by atoms with van der Waals surface area (Å²) in [6.07, 6.45) is -5.18. The van der Waals surface area contributed by atoms with Gasteiger partial charge in [-0.15, -0.1) is 0 Å². The van der Waals surface area contributed by atoms with Crippen molar-refractivity contribution in [1.29, 1.82) is 0 Å². The van der Waals surface area contributed by atoms with Crippen molar-refractivity contribution < 1.29 is 32.7 Å². The first-order valence-electron chi connectivity index (χ1n) is 5.43. The van der Waals surface area contributed by atoms with Crippen LogP contribution in [-0.2, 0) is 4.79 Å². The number of nitrogens with one attached hydrogen (secondary N) is 1. The first kappa shape index (κ1) is 16.7. The van der Waals surface area contributed by atoms with Gasteiger partial charge in [0.25, 0.3) is 11.6 Å². The molecule has 0 unspecified atom stereocenters. The van der Waals surface area contributed by atoms with Gasteiger partial charge in [-0.25, -0.2) is 0 Å². The fourth-order valence-corrected chi connectivity index (χ4v) is 1.27. The molecule has 1 aromatic carbocycles. The number of anilines is 1. The smallest absolute Gasteiger partial charge is 0.426 e. The van der Waals surface area contributed by atoms with Crippen LogP contribution in [0.25, 0.3) is 0 Å². The van der Waals surface area contributed by atoms with E-state index >= 15 is 0 Å². The van der Waals surface area contributed by atoms with E-state index in [2.05, 4.69) is 0 Å². The van der Waals surface area contributed by atoms with Crippen LogP contribution in [0.3, 0.4) is 0 Å². The van der Waals surface area contributed by atoms with Crippen molar-refractivity contribution in [2.75, 3.05) is 12.4 Å². The molecule has 0 fully saturated rings. The third kappa shape index (κ3) is 3.40. The number of nitrogens with zero attached hydrogens (tertiary/aromatic N) is 1. The number of halogens is 3. The van der Waals surface area contributed by atoms with Crippen LogP contribution in [0.1, 0.15) is 6.92 Å². The minimum atomic E-state index is -5.18. The Morgan fingerprint density at radius 1 is 1.43 bits per heavy atom. The van der Waals surface area contributed by atoms with Gasteiger partial charge in [-0.3, -0.25) is 14.9 Å². The molecule has 1 aromatic rings. The van der Waals surface area contributed by atoms with E-state index in [4.69, 9.17) is 4.74 Å². The first-order valence-corrected chi connectivity index (χ1v) is 5.43. The Morgan fingerprint density at radius 3 is 2.43 bits per heavy atom. The summed E-state index contributed by atoms with van der Waals surface area (Å²) in [6.45, 7) is 0.292. The van der Waals surface area contributed by atoms with E-state index in [0.29, 0.717) is 6.92 Å².